The normalized spacial score (nSPS) is 10.9. The monoisotopic (exact) mass is 472 g/mol. The first kappa shape index (κ1) is 24.1. The molecule has 0 bridgehead atoms. The fraction of sp³-hybridized carbons (Fsp3) is 0.211. The Morgan fingerprint density at radius 2 is 1.71 bits per heavy atom. The van der Waals surface area contributed by atoms with Gasteiger partial charge in [0.2, 0.25) is 15.9 Å². The number of amides is 1. The molecular formula is C19H18ClFN2O7S. The number of hydrogen-bond donors (Lipinski definition) is 1. The molecule has 9 nitrogen and oxygen atoms in total. The van der Waals surface area contributed by atoms with Gasteiger partial charge in [0.15, 0.2) is 0 Å². The average molecular weight is 473 g/mol. The number of nitrogens with zero attached hydrogens (tertiary/aromatic N) is 1. The van der Waals surface area contributed by atoms with Gasteiger partial charge in [0, 0.05) is 0 Å². The largest absolute Gasteiger partial charge is 0.465 e. The Balaban J connectivity index is 2.38. The van der Waals surface area contributed by atoms with E-state index in [0.717, 1.165) is 38.7 Å². The molecule has 1 N–H and O–H groups in total. The minimum absolute atomic E-state index is 0.0377. The quantitative estimate of drug-likeness (QED) is 0.614. The highest BCUT2D eigenvalue weighted by Crippen LogP contribution is 2.25. The molecule has 12 heteroatoms. The SMILES string of the molecule is COC(=O)c1ccc(C(=O)OC)c(NC(=O)CN(c2ccc(F)c(Cl)c2)S(C)(=O)=O)c1. The molecule has 0 saturated carbocycles. The first-order valence-corrected chi connectivity index (χ1v) is 10.7. The van der Waals surface area contributed by atoms with Gasteiger partial charge >= 0.3 is 11.9 Å². The Morgan fingerprint density at radius 1 is 1.06 bits per heavy atom. The Hall–Kier alpha value is -3.18. The van der Waals surface area contributed by atoms with E-state index >= 15 is 0 Å². The van der Waals surface area contributed by atoms with E-state index in [-0.39, 0.29) is 27.5 Å². The maximum Gasteiger partial charge on any atom is 0.339 e. The summed E-state index contributed by atoms with van der Waals surface area (Å²) in [7, 11) is -1.68. The van der Waals surface area contributed by atoms with E-state index in [4.69, 9.17) is 11.6 Å². The zero-order valence-electron chi connectivity index (χ0n) is 16.6. The van der Waals surface area contributed by atoms with Crippen molar-refractivity contribution in [3.8, 4) is 0 Å². The lowest BCUT2D eigenvalue weighted by molar-refractivity contribution is -0.114. The molecule has 1 amide bonds. The van der Waals surface area contributed by atoms with Crippen molar-refractivity contribution < 1.29 is 36.7 Å². The third-order valence-electron chi connectivity index (χ3n) is 4.00. The first-order chi connectivity index (χ1) is 14.5. The summed E-state index contributed by atoms with van der Waals surface area (Å²) < 4.78 is 47.8. The molecule has 0 spiro atoms. The average Bonchev–Trinajstić information content (AvgIpc) is 2.72. The van der Waals surface area contributed by atoms with Crippen molar-refractivity contribution in [3.05, 3.63) is 58.4 Å². The number of ether oxygens (including phenoxy) is 2. The summed E-state index contributed by atoms with van der Waals surface area (Å²) in [5.74, 6) is -3.12. The van der Waals surface area contributed by atoms with Crippen molar-refractivity contribution >= 4 is 50.8 Å². The van der Waals surface area contributed by atoms with Gasteiger partial charge in [-0.25, -0.2) is 22.4 Å². The molecule has 2 rings (SSSR count). The molecule has 0 fully saturated rings. The van der Waals surface area contributed by atoms with Crippen LogP contribution in [0.2, 0.25) is 5.02 Å². The maximum absolute atomic E-state index is 13.4. The molecule has 0 aliphatic carbocycles. The third-order valence-corrected chi connectivity index (χ3v) is 5.43. The van der Waals surface area contributed by atoms with Crippen LogP contribution >= 0.6 is 11.6 Å². The van der Waals surface area contributed by atoms with Gasteiger partial charge in [-0.3, -0.25) is 9.10 Å². The van der Waals surface area contributed by atoms with E-state index in [2.05, 4.69) is 14.8 Å². The lowest BCUT2D eigenvalue weighted by Crippen LogP contribution is -2.37. The van der Waals surface area contributed by atoms with Crippen LogP contribution in [0.4, 0.5) is 15.8 Å². The van der Waals surface area contributed by atoms with Crippen LogP contribution < -0.4 is 9.62 Å². The van der Waals surface area contributed by atoms with Crippen LogP contribution in [0.15, 0.2) is 36.4 Å². The summed E-state index contributed by atoms with van der Waals surface area (Å²) in [6, 6.07) is 6.91. The maximum atomic E-state index is 13.4. The van der Waals surface area contributed by atoms with Crippen molar-refractivity contribution in [2.75, 3.05) is 36.6 Å². The highest BCUT2D eigenvalue weighted by atomic mass is 35.5. The molecular weight excluding hydrogens is 455 g/mol. The van der Waals surface area contributed by atoms with Gasteiger partial charge in [-0.15, -0.1) is 0 Å². The second-order valence-electron chi connectivity index (χ2n) is 6.16. The molecule has 0 aliphatic rings. The van der Waals surface area contributed by atoms with Gasteiger partial charge in [0.25, 0.3) is 0 Å². The van der Waals surface area contributed by atoms with Crippen LogP contribution in [-0.4, -0.2) is 53.3 Å². The number of anilines is 2. The van der Waals surface area contributed by atoms with Crippen molar-refractivity contribution in [2.45, 2.75) is 0 Å². The summed E-state index contributed by atoms with van der Waals surface area (Å²) >= 11 is 5.71. The van der Waals surface area contributed by atoms with E-state index in [1.165, 1.54) is 18.2 Å². The molecule has 0 radical (unpaired) electrons. The smallest absolute Gasteiger partial charge is 0.339 e. The van der Waals surface area contributed by atoms with Gasteiger partial charge < -0.3 is 14.8 Å². The zero-order valence-corrected chi connectivity index (χ0v) is 18.2. The van der Waals surface area contributed by atoms with E-state index in [1.807, 2.05) is 0 Å². The Morgan fingerprint density at radius 3 is 2.26 bits per heavy atom. The second kappa shape index (κ2) is 9.75. The number of methoxy groups -OCH3 is 2. The Kier molecular flexibility index (Phi) is 7.58. The molecule has 0 atom stereocenters. The number of benzene rings is 2. The van der Waals surface area contributed by atoms with Crippen molar-refractivity contribution in [2.24, 2.45) is 0 Å². The molecule has 0 saturated heterocycles. The number of halogens is 2. The topological polar surface area (TPSA) is 119 Å². The molecule has 0 aliphatic heterocycles. The van der Waals surface area contributed by atoms with E-state index in [0.29, 0.717) is 4.31 Å². The molecule has 0 aromatic heterocycles. The first-order valence-electron chi connectivity index (χ1n) is 8.51. The number of carbonyl (C=O) groups excluding carboxylic acids is 3. The number of esters is 2. The predicted molar refractivity (Wildman–Crippen MR) is 111 cm³/mol. The number of sulfonamides is 1. The zero-order chi connectivity index (χ0) is 23.3. The number of carbonyl (C=O) groups is 3. The van der Waals surface area contributed by atoms with Crippen LogP contribution in [0.1, 0.15) is 20.7 Å². The Labute approximate surface area is 182 Å². The van der Waals surface area contributed by atoms with E-state index in [1.54, 1.807) is 0 Å². The van der Waals surface area contributed by atoms with Crippen LogP contribution in [0.5, 0.6) is 0 Å². The van der Waals surface area contributed by atoms with E-state index in [9.17, 15) is 27.2 Å². The van der Waals surface area contributed by atoms with Gasteiger partial charge in [-0.1, -0.05) is 11.6 Å². The summed E-state index contributed by atoms with van der Waals surface area (Å²) in [6.07, 6.45) is 0.856. The minimum Gasteiger partial charge on any atom is -0.465 e. The number of nitrogens with one attached hydrogen (secondary N) is 1. The van der Waals surface area contributed by atoms with Crippen molar-refractivity contribution in [1.82, 2.24) is 0 Å². The predicted octanol–water partition coefficient (Wildman–Crippen LogP) is 2.46. The van der Waals surface area contributed by atoms with Gasteiger partial charge in [-0.2, -0.15) is 0 Å². The fourth-order valence-electron chi connectivity index (χ4n) is 2.54. The highest BCUT2D eigenvalue weighted by Gasteiger charge is 2.23. The lowest BCUT2D eigenvalue weighted by atomic mass is 10.1. The molecule has 0 unspecified atom stereocenters. The fourth-order valence-corrected chi connectivity index (χ4v) is 3.56. The Bertz CT molecular complexity index is 1140. The molecule has 31 heavy (non-hydrogen) atoms. The van der Waals surface area contributed by atoms with E-state index < -0.39 is 40.2 Å². The van der Waals surface area contributed by atoms with Crippen LogP contribution in [0, 0.1) is 5.82 Å². The van der Waals surface area contributed by atoms with Crippen LogP contribution in [-0.2, 0) is 24.3 Å². The number of hydrogen-bond acceptors (Lipinski definition) is 7. The second-order valence-corrected chi connectivity index (χ2v) is 8.47. The van der Waals surface area contributed by atoms with Crippen LogP contribution in [0.25, 0.3) is 0 Å². The molecule has 2 aromatic rings. The molecule has 166 valence electrons. The summed E-state index contributed by atoms with van der Waals surface area (Å²) in [5.41, 5.74) is -0.166. The van der Waals surface area contributed by atoms with Crippen molar-refractivity contribution in [1.29, 1.82) is 0 Å². The molecule has 0 heterocycles. The van der Waals surface area contributed by atoms with Gasteiger partial charge in [0.1, 0.15) is 12.4 Å². The standard InChI is InChI=1S/C19H18ClFN2O7S/c1-29-18(25)11-4-6-13(19(26)30-2)16(8-11)22-17(24)10-23(31(3,27)28)12-5-7-15(21)14(20)9-12/h4-9H,10H2,1-3H3,(H,22,24). The lowest BCUT2D eigenvalue weighted by Gasteiger charge is -2.22. The van der Waals surface area contributed by atoms with Crippen molar-refractivity contribution in [3.63, 3.8) is 0 Å². The summed E-state index contributed by atoms with van der Waals surface area (Å²) in [5, 5.41) is 2.05. The molecule has 2 aromatic carbocycles. The highest BCUT2D eigenvalue weighted by molar-refractivity contribution is 7.92. The minimum atomic E-state index is -3.97. The van der Waals surface area contributed by atoms with Crippen LogP contribution in [0.3, 0.4) is 0 Å². The van der Waals surface area contributed by atoms with Gasteiger partial charge in [-0.05, 0) is 36.4 Å². The summed E-state index contributed by atoms with van der Waals surface area (Å²) in [6.45, 7) is -0.718. The third kappa shape index (κ3) is 5.92. The van der Waals surface area contributed by atoms with Gasteiger partial charge in [0.05, 0.1) is 48.0 Å². The summed E-state index contributed by atoms with van der Waals surface area (Å²) in [4.78, 5) is 36.4. The number of rotatable bonds is 7.